The second-order valence-electron chi connectivity index (χ2n) is 21.0. The van der Waals surface area contributed by atoms with Gasteiger partial charge in [-0.25, -0.2) is 9.18 Å². The monoisotopic (exact) mass is 918 g/mol. The van der Waals surface area contributed by atoms with Crippen LogP contribution in [0.3, 0.4) is 0 Å². The van der Waals surface area contributed by atoms with Crippen molar-refractivity contribution < 1.29 is 58.1 Å². The minimum Gasteiger partial charge on any atom is -0.460 e. The Morgan fingerprint density at radius 2 is 1.58 bits per heavy atom. The molecule has 4 aliphatic rings. The first-order valence-corrected chi connectivity index (χ1v) is 24.4. The highest BCUT2D eigenvalue weighted by atomic mass is 19.2. The summed E-state index contributed by atoms with van der Waals surface area (Å²) in [6.07, 6.45) is 10.9. The summed E-state index contributed by atoms with van der Waals surface area (Å²) >= 11 is 0. The molecule has 12 nitrogen and oxygen atoms in total. The van der Waals surface area contributed by atoms with Crippen LogP contribution in [0.5, 0.6) is 0 Å². The number of ketones is 1. The first-order valence-electron chi connectivity index (χ1n) is 24.4. The molecule has 4 rings (SSSR count). The predicted octanol–water partition coefficient (Wildman–Crippen LogP) is 7.75. The lowest BCUT2D eigenvalue weighted by atomic mass is 9.77. The number of aliphatic hydroxyl groups is 4. The standard InChI is InChI=1S/C52H84FNO11/c1-31-17-13-12-14-18-36(6)51(8,9)30-39-22-20-37(7)52(53,65-39)48(59)49(60)54-24-16-15-19-40(54)50(61)64-43(33(3)27-38-21-23-41(55)44(28-38)62-10)29-42(56)32(2)26-35(5)46(58)47(63-11)45(57)34(4)25-31/h12-14,17-18,26,31-34,37-47,55-58H,15-16,19-25,27-30H2,1-11H3/b14-12+,17-13+,35-26+,36-18+. The molecule has 3 fully saturated rings. The van der Waals surface area contributed by atoms with Crippen LogP contribution >= 0.6 is 0 Å². The zero-order valence-electron chi connectivity index (χ0n) is 41.3. The summed E-state index contributed by atoms with van der Waals surface area (Å²) in [7, 11) is 3.04. The van der Waals surface area contributed by atoms with Crippen molar-refractivity contribution in [2.45, 2.75) is 200 Å². The second kappa shape index (κ2) is 24.5. The molecule has 16 unspecified atom stereocenters. The van der Waals surface area contributed by atoms with Gasteiger partial charge in [0.25, 0.3) is 17.5 Å². The largest absolute Gasteiger partial charge is 0.460 e. The molecule has 16 atom stereocenters. The Morgan fingerprint density at radius 1 is 0.877 bits per heavy atom. The van der Waals surface area contributed by atoms with Crippen molar-refractivity contribution in [2.24, 2.45) is 40.9 Å². The van der Waals surface area contributed by atoms with Gasteiger partial charge in [0.15, 0.2) is 0 Å². The lowest BCUT2D eigenvalue weighted by molar-refractivity contribution is -0.231. The van der Waals surface area contributed by atoms with E-state index in [0.29, 0.717) is 63.4 Å². The van der Waals surface area contributed by atoms with Crippen LogP contribution in [0.25, 0.3) is 0 Å². The fourth-order valence-electron chi connectivity index (χ4n) is 10.5. The number of rotatable bonds is 5. The van der Waals surface area contributed by atoms with Crippen LogP contribution in [0.1, 0.15) is 139 Å². The van der Waals surface area contributed by atoms with Gasteiger partial charge in [-0.15, -0.1) is 0 Å². The second-order valence-corrected chi connectivity index (χ2v) is 21.0. The van der Waals surface area contributed by atoms with Gasteiger partial charge < -0.3 is 44.3 Å². The molecule has 2 saturated heterocycles. The highest BCUT2D eigenvalue weighted by Crippen LogP contribution is 2.43. The lowest BCUT2D eigenvalue weighted by Crippen LogP contribution is -2.59. The molecule has 13 heteroatoms. The lowest BCUT2D eigenvalue weighted by Gasteiger charge is -2.42. The Bertz CT molecular complexity index is 1700. The number of cyclic esters (lactones) is 1. The van der Waals surface area contributed by atoms with E-state index in [1.165, 1.54) is 7.11 Å². The van der Waals surface area contributed by atoms with E-state index in [1.54, 1.807) is 34.0 Å². The van der Waals surface area contributed by atoms with Gasteiger partial charge in [-0.3, -0.25) is 9.59 Å². The smallest absolute Gasteiger partial charge is 0.329 e. The van der Waals surface area contributed by atoms with Gasteiger partial charge >= 0.3 is 5.97 Å². The van der Waals surface area contributed by atoms with Crippen molar-refractivity contribution in [1.29, 1.82) is 0 Å². The summed E-state index contributed by atoms with van der Waals surface area (Å²) in [6.45, 7) is 17.2. The Hall–Kier alpha value is -2.78. The summed E-state index contributed by atoms with van der Waals surface area (Å²) in [5.41, 5.74) is 1.10. The molecule has 3 aliphatic heterocycles. The zero-order chi connectivity index (χ0) is 48.4. The maximum atomic E-state index is 17.1. The van der Waals surface area contributed by atoms with Crippen LogP contribution in [0, 0.1) is 40.9 Å². The van der Waals surface area contributed by atoms with E-state index >= 15 is 4.39 Å². The molecule has 0 radical (unpaired) electrons. The van der Waals surface area contributed by atoms with E-state index < -0.39 is 89.5 Å². The third-order valence-corrected chi connectivity index (χ3v) is 15.3. The molecule has 4 N–H and O–H groups in total. The number of piperidine rings is 1. The minimum absolute atomic E-state index is 0.0237. The Balaban J connectivity index is 1.70. The van der Waals surface area contributed by atoms with Gasteiger partial charge in [0.05, 0.1) is 30.5 Å². The molecule has 1 amide bonds. The van der Waals surface area contributed by atoms with E-state index in [1.807, 2.05) is 58.9 Å². The van der Waals surface area contributed by atoms with Crippen molar-refractivity contribution in [1.82, 2.24) is 4.90 Å². The van der Waals surface area contributed by atoms with E-state index in [-0.39, 0.29) is 49.2 Å². The third-order valence-electron chi connectivity index (χ3n) is 15.3. The number of halogens is 1. The molecule has 1 saturated carbocycles. The number of fused-ring (bicyclic) bond motifs is 3. The number of amides is 1. The van der Waals surface area contributed by atoms with Crippen LogP contribution in [-0.4, -0.2) is 124 Å². The number of alkyl halides is 1. The average molecular weight is 918 g/mol. The van der Waals surface area contributed by atoms with E-state index in [2.05, 4.69) is 13.0 Å². The van der Waals surface area contributed by atoms with Crippen LogP contribution in [-0.2, 0) is 33.3 Å². The number of hydrogen-bond donors (Lipinski definition) is 4. The third kappa shape index (κ3) is 14.4. The molecule has 1 aliphatic carbocycles. The number of aliphatic hydroxyl groups excluding tert-OH is 4. The van der Waals surface area contributed by atoms with Gasteiger partial charge in [-0.1, -0.05) is 90.5 Å². The van der Waals surface area contributed by atoms with Crippen LogP contribution in [0.4, 0.5) is 4.39 Å². The summed E-state index contributed by atoms with van der Waals surface area (Å²) in [5.74, 6) is -7.68. The van der Waals surface area contributed by atoms with Crippen LogP contribution in [0.15, 0.2) is 47.6 Å². The van der Waals surface area contributed by atoms with Crippen molar-refractivity contribution >= 4 is 17.7 Å². The summed E-state index contributed by atoms with van der Waals surface area (Å²) < 4.78 is 40.7. The molecule has 0 aromatic rings. The number of ether oxygens (including phenoxy) is 4. The summed E-state index contributed by atoms with van der Waals surface area (Å²) in [6, 6.07) is -1.14. The van der Waals surface area contributed by atoms with Gasteiger partial charge in [-0.2, -0.15) is 0 Å². The number of carbonyl (C=O) groups is 3. The van der Waals surface area contributed by atoms with Crippen molar-refractivity contribution in [3.05, 3.63) is 47.6 Å². The molecule has 0 spiro atoms. The van der Waals surface area contributed by atoms with E-state index in [0.717, 1.165) is 16.9 Å². The maximum absolute atomic E-state index is 17.1. The topological polar surface area (TPSA) is 172 Å². The number of esters is 1. The fraction of sp³-hybridized carbons (Fsp3) is 0.788. The number of allylic oxidation sites excluding steroid dienone is 6. The normalized spacial score (nSPS) is 42.3. The first-order chi connectivity index (χ1) is 30.5. The van der Waals surface area contributed by atoms with Gasteiger partial charge in [0, 0.05) is 39.0 Å². The molecular formula is C52H84FNO11. The number of methoxy groups -OCH3 is 2. The molecule has 370 valence electrons. The average Bonchev–Trinajstić information content (AvgIpc) is 3.26. The molecular weight excluding hydrogens is 834 g/mol. The SMILES string of the molecule is COC1CC(CC(C)C2CC(O)C(C)/C=C(\C)C(O)C(OC)C(O)C(C)CC(C)/C=C/C=C/C=C(\C)C(C)(C)CC3CCC(C)C(F)(O3)C(=O)C(=O)N3CCCCC3C(=O)O2)CCC1O. The van der Waals surface area contributed by atoms with Gasteiger partial charge in [0.1, 0.15) is 24.4 Å². The molecule has 0 aromatic carbocycles. The van der Waals surface area contributed by atoms with Crippen molar-refractivity contribution in [3.8, 4) is 0 Å². The quantitative estimate of drug-likeness (QED) is 0.121. The van der Waals surface area contributed by atoms with Crippen molar-refractivity contribution in [3.63, 3.8) is 0 Å². The predicted molar refractivity (Wildman–Crippen MR) is 249 cm³/mol. The molecule has 0 aromatic heterocycles. The first kappa shape index (κ1) is 54.8. The highest BCUT2D eigenvalue weighted by molar-refractivity contribution is 6.39. The molecule has 65 heavy (non-hydrogen) atoms. The Kier molecular flexibility index (Phi) is 20.7. The number of carbonyl (C=O) groups excluding carboxylic acids is 3. The Labute approximate surface area is 389 Å². The maximum Gasteiger partial charge on any atom is 0.329 e. The highest BCUT2D eigenvalue weighted by Gasteiger charge is 2.55. The number of hydrogen-bond acceptors (Lipinski definition) is 11. The Morgan fingerprint density at radius 3 is 2.26 bits per heavy atom. The van der Waals surface area contributed by atoms with E-state index in [4.69, 9.17) is 18.9 Å². The minimum atomic E-state index is -2.87. The number of nitrogens with zero attached hydrogens (tertiary/aromatic N) is 1. The molecule has 3 heterocycles. The zero-order valence-corrected chi connectivity index (χ0v) is 41.3. The van der Waals surface area contributed by atoms with Gasteiger partial charge in [0.2, 0.25) is 0 Å². The van der Waals surface area contributed by atoms with Crippen LogP contribution in [0.2, 0.25) is 0 Å². The van der Waals surface area contributed by atoms with Gasteiger partial charge in [-0.05, 0) is 119 Å². The number of Topliss-reactive ketones (excluding diaryl/α,β-unsaturated/α-hetero) is 1. The summed E-state index contributed by atoms with van der Waals surface area (Å²) in [5, 5.41) is 45.2. The van der Waals surface area contributed by atoms with Crippen LogP contribution < -0.4 is 0 Å². The van der Waals surface area contributed by atoms with Crippen molar-refractivity contribution in [2.75, 3.05) is 20.8 Å². The fourth-order valence-corrected chi connectivity index (χ4v) is 10.5. The summed E-state index contributed by atoms with van der Waals surface area (Å²) in [4.78, 5) is 43.9. The molecule has 2 bridgehead atoms. The van der Waals surface area contributed by atoms with E-state index in [9.17, 15) is 34.8 Å².